The normalized spacial score (nSPS) is 19.9. The van der Waals surface area contributed by atoms with Gasteiger partial charge in [-0.25, -0.2) is 4.98 Å². The summed E-state index contributed by atoms with van der Waals surface area (Å²) in [5.41, 5.74) is 2.26. The number of furan rings is 1. The average molecular weight is 324 g/mol. The van der Waals surface area contributed by atoms with Gasteiger partial charge < -0.3 is 9.73 Å². The van der Waals surface area contributed by atoms with E-state index in [1.165, 1.54) is 12.0 Å². The number of benzene rings is 1. The van der Waals surface area contributed by atoms with Gasteiger partial charge in [-0.05, 0) is 24.5 Å². The van der Waals surface area contributed by atoms with Crippen LogP contribution >= 0.6 is 11.3 Å². The molecule has 2 aromatic heterocycles. The molecule has 3 aromatic rings. The Labute approximate surface area is 140 Å². The van der Waals surface area contributed by atoms with Gasteiger partial charge in [0.15, 0.2) is 0 Å². The van der Waals surface area contributed by atoms with Crippen molar-refractivity contribution in [2.75, 3.05) is 0 Å². The second kappa shape index (κ2) is 6.30. The van der Waals surface area contributed by atoms with Crippen molar-refractivity contribution in [3.63, 3.8) is 0 Å². The molecule has 0 bridgehead atoms. The van der Waals surface area contributed by atoms with Crippen molar-refractivity contribution in [2.24, 2.45) is 5.92 Å². The zero-order valence-electron chi connectivity index (χ0n) is 13.2. The molecule has 2 unspecified atom stereocenters. The Balaban J connectivity index is 1.31. The van der Waals surface area contributed by atoms with E-state index in [0.29, 0.717) is 5.92 Å². The van der Waals surface area contributed by atoms with Crippen LogP contribution in [0.1, 0.15) is 36.5 Å². The summed E-state index contributed by atoms with van der Waals surface area (Å²) in [6.07, 6.45) is 1.27. The largest absolute Gasteiger partial charge is 0.464 e. The number of nitrogens with one attached hydrogen (secondary N) is 1. The standard InChI is InChI=1S/C19H20N2OS/c1-13-9-17(13)18-8-7-16(22-18)11-20-10-15-12-23-19(21-15)14-5-3-2-4-6-14/h2-8,12-13,17,20H,9-11H2,1H3. The fourth-order valence-electron chi connectivity index (χ4n) is 2.82. The van der Waals surface area contributed by atoms with Crippen LogP contribution in [-0.2, 0) is 13.1 Å². The van der Waals surface area contributed by atoms with E-state index in [2.05, 4.69) is 41.9 Å². The van der Waals surface area contributed by atoms with Gasteiger partial charge in [-0.2, -0.15) is 0 Å². The van der Waals surface area contributed by atoms with Crippen LogP contribution < -0.4 is 5.32 Å². The topological polar surface area (TPSA) is 38.1 Å². The molecular formula is C19H20N2OS. The molecule has 0 aliphatic heterocycles. The van der Waals surface area contributed by atoms with E-state index < -0.39 is 0 Å². The Kier molecular flexibility index (Phi) is 4.02. The summed E-state index contributed by atoms with van der Waals surface area (Å²) in [4.78, 5) is 4.69. The van der Waals surface area contributed by atoms with Crippen LogP contribution in [0.4, 0.5) is 0 Å². The highest BCUT2D eigenvalue weighted by Gasteiger charge is 2.36. The Bertz CT molecular complexity index is 778. The predicted octanol–water partition coefficient (Wildman–Crippen LogP) is 4.82. The van der Waals surface area contributed by atoms with E-state index in [0.717, 1.165) is 41.2 Å². The summed E-state index contributed by atoms with van der Waals surface area (Å²) >= 11 is 1.69. The summed E-state index contributed by atoms with van der Waals surface area (Å²) in [7, 11) is 0. The smallest absolute Gasteiger partial charge is 0.123 e. The van der Waals surface area contributed by atoms with Gasteiger partial charge in [0.2, 0.25) is 0 Å². The summed E-state index contributed by atoms with van der Waals surface area (Å²) < 4.78 is 5.91. The fraction of sp³-hybridized carbons (Fsp3) is 0.316. The highest BCUT2D eigenvalue weighted by Crippen LogP contribution is 2.47. The molecule has 0 radical (unpaired) electrons. The van der Waals surface area contributed by atoms with Crippen LogP contribution in [0.15, 0.2) is 52.3 Å². The number of thiazole rings is 1. The molecule has 1 fully saturated rings. The first kappa shape index (κ1) is 14.7. The first-order valence-electron chi connectivity index (χ1n) is 8.09. The van der Waals surface area contributed by atoms with Gasteiger partial charge in [0.25, 0.3) is 0 Å². The Morgan fingerprint density at radius 1 is 1.17 bits per heavy atom. The molecule has 2 heterocycles. The molecule has 1 aliphatic rings. The second-order valence-corrected chi connectivity index (χ2v) is 7.10. The van der Waals surface area contributed by atoms with Crippen LogP contribution in [0.3, 0.4) is 0 Å². The lowest BCUT2D eigenvalue weighted by Gasteiger charge is -2.00. The Morgan fingerprint density at radius 2 is 2.00 bits per heavy atom. The molecule has 2 atom stereocenters. The number of hydrogen-bond acceptors (Lipinski definition) is 4. The number of aromatic nitrogens is 1. The molecule has 118 valence electrons. The van der Waals surface area contributed by atoms with Gasteiger partial charge in [-0.1, -0.05) is 37.3 Å². The maximum atomic E-state index is 5.91. The van der Waals surface area contributed by atoms with Crippen LogP contribution in [0, 0.1) is 5.92 Å². The number of nitrogens with zero attached hydrogens (tertiary/aromatic N) is 1. The third-order valence-electron chi connectivity index (χ3n) is 4.34. The minimum absolute atomic E-state index is 0.649. The van der Waals surface area contributed by atoms with Crippen LogP contribution in [0.25, 0.3) is 10.6 Å². The Hall–Kier alpha value is -1.91. The maximum absolute atomic E-state index is 5.91. The fourth-order valence-corrected chi connectivity index (χ4v) is 3.65. The zero-order chi connectivity index (χ0) is 15.6. The molecule has 0 spiro atoms. The quantitative estimate of drug-likeness (QED) is 0.706. The molecular weight excluding hydrogens is 304 g/mol. The minimum atomic E-state index is 0.649. The van der Waals surface area contributed by atoms with E-state index in [1.807, 2.05) is 18.2 Å². The van der Waals surface area contributed by atoms with E-state index in [4.69, 9.17) is 9.40 Å². The molecule has 1 saturated carbocycles. The van der Waals surface area contributed by atoms with Crippen LogP contribution in [0.2, 0.25) is 0 Å². The van der Waals surface area contributed by atoms with Crippen LogP contribution in [0.5, 0.6) is 0 Å². The highest BCUT2D eigenvalue weighted by molar-refractivity contribution is 7.13. The summed E-state index contributed by atoms with van der Waals surface area (Å²) in [5, 5.41) is 6.61. The van der Waals surface area contributed by atoms with Gasteiger partial charge in [0, 0.05) is 23.4 Å². The van der Waals surface area contributed by atoms with E-state index in [9.17, 15) is 0 Å². The van der Waals surface area contributed by atoms with Crippen molar-refractivity contribution < 1.29 is 4.42 Å². The van der Waals surface area contributed by atoms with Crippen molar-refractivity contribution >= 4 is 11.3 Å². The second-order valence-electron chi connectivity index (χ2n) is 6.24. The molecule has 1 aromatic carbocycles. The summed E-state index contributed by atoms with van der Waals surface area (Å²) in [6.45, 7) is 3.79. The van der Waals surface area contributed by atoms with Crippen LogP contribution in [-0.4, -0.2) is 4.98 Å². The average Bonchev–Trinajstić information content (AvgIpc) is 2.99. The molecule has 1 aliphatic carbocycles. The van der Waals surface area contributed by atoms with Crippen molar-refractivity contribution in [3.05, 3.63) is 65.1 Å². The lowest BCUT2D eigenvalue weighted by molar-refractivity contribution is 0.443. The zero-order valence-corrected chi connectivity index (χ0v) is 14.0. The van der Waals surface area contributed by atoms with E-state index in [1.54, 1.807) is 11.3 Å². The monoisotopic (exact) mass is 324 g/mol. The molecule has 3 nitrogen and oxygen atoms in total. The minimum Gasteiger partial charge on any atom is -0.464 e. The predicted molar refractivity (Wildman–Crippen MR) is 93.3 cm³/mol. The van der Waals surface area contributed by atoms with E-state index in [-0.39, 0.29) is 0 Å². The van der Waals surface area contributed by atoms with Gasteiger partial charge in [-0.3, -0.25) is 0 Å². The molecule has 1 N–H and O–H groups in total. The van der Waals surface area contributed by atoms with E-state index >= 15 is 0 Å². The highest BCUT2D eigenvalue weighted by atomic mass is 32.1. The van der Waals surface area contributed by atoms with Gasteiger partial charge in [0.1, 0.15) is 16.5 Å². The molecule has 0 saturated heterocycles. The SMILES string of the molecule is CC1CC1c1ccc(CNCc2csc(-c3ccccc3)n2)o1. The van der Waals surface area contributed by atoms with Gasteiger partial charge in [-0.15, -0.1) is 11.3 Å². The van der Waals surface area contributed by atoms with Crippen molar-refractivity contribution in [1.29, 1.82) is 0 Å². The lowest BCUT2D eigenvalue weighted by Crippen LogP contribution is -2.12. The van der Waals surface area contributed by atoms with Gasteiger partial charge >= 0.3 is 0 Å². The first-order valence-corrected chi connectivity index (χ1v) is 8.97. The summed E-state index contributed by atoms with van der Waals surface area (Å²) in [5.74, 6) is 3.59. The van der Waals surface area contributed by atoms with Crippen molar-refractivity contribution in [3.8, 4) is 10.6 Å². The Morgan fingerprint density at radius 3 is 2.78 bits per heavy atom. The third kappa shape index (κ3) is 3.38. The lowest BCUT2D eigenvalue weighted by atomic mass is 10.2. The molecule has 4 heteroatoms. The van der Waals surface area contributed by atoms with Crippen molar-refractivity contribution in [1.82, 2.24) is 10.3 Å². The maximum Gasteiger partial charge on any atom is 0.123 e. The molecule has 0 amide bonds. The number of rotatable bonds is 6. The summed E-state index contributed by atoms with van der Waals surface area (Å²) in [6, 6.07) is 14.5. The molecule has 23 heavy (non-hydrogen) atoms. The number of hydrogen-bond donors (Lipinski definition) is 1. The van der Waals surface area contributed by atoms with Gasteiger partial charge in [0.05, 0.1) is 12.2 Å². The first-order chi connectivity index (χ1) is 11.3. The molecule has 4 rings (SSSR count). The third-order valence-corrected chi connectivity index (χ3v) is 5.28. The van der Waals surface area contributed by atoms with Crippen molar-refractivity contribution in [2.45, 2.75) is 32.4 Å².